The molecule has 0 aliphatic heterocycles. The molecule has 4 rings (SSSR count). The Morgan fingerprint density at radius 1 is 1.26 bits per heavy atom. The number of aromatic hydroxyl groups is 1. The summed E-state index contributed by atoms with van der Waals surface area (Å²) in [4.78, 5) is 29.9. The van der Waals surface area contributed by atoms with Gasteiger partial charge in [-0.05, 0) is 29.3 Å². The zero-order chi connectivity index (χ0) is 27.8. The van der Waals surface area contributed by atoms with Crippen molar-refractivity contribution in [1.82, 2.24) is 24.5 Å². The predicted molar refractivity (Wildman–Crippen MR) is 125 cm³/mol. The van der Waals surface area contributed by atoms with Gasteiger partial charge in [0.2, 0.25) is 5.75 Å². The van der Waals surface area contributed by atoms with Crippen LogP contribution < -0.4 is 10.9 Å². The summed E-state index contributed by atoms with van der Waals surface area (Å²) in [5, 5.41) is 30.1. The van der Waals surface area contributed by atoms with E-state index in [2.05, 4.69) is 25.1 Å². The Balaban J connectivity index is 1.91. The third kappa shape index (κ3) is 4.85. The molecule has 11 nitrogen and oxygen atoms in total. The van der Waals surface area contributed by atoms with Gasteiger partial charge in [-0.15, -0.1) is 0 Å². The van der Waals surface area contributed by atoms with E-state index in [4.69, 9.17) is 0 Å². The van der Waals surface area contributed by atoms with Crippen LogP contribution in [0.25, 0.3) is 0 Å². The summed E-state index contributed by atoms with van der Waals surface area (Å²) in [6, 6.07) is 4.70. The lowest BCUT2D eigenvalue weighted by molar-refractivity contribution is -0.137. The number of hydrogen-bond acceptors (Lipinski definition) is 8. The largest absolute Gasteiger partial charge is 0.501 e. The van der Waals surface area contributed by atoms with Gasteiger partial charge in [0.05, 0.1) is 29.6 Å². The molecular formula is C24H20F3N7O4. The van der Waals surface area contributed by atoms with Crippen molar-refractivity contribution in [2.24, 2.45) is 14.1 Å². The average Bonchev–Trinajstić information content (AvgIpc) is 3.54. The Morgan fingerprint density at radius 3 is 2.58 bits per heavy atom. The van der Waals surface area contributed by atoms with Crippen molar-refractivity contribution in [3.05, 3.63) is 87.2 Å². The third-order valence-electron chi connectivity index (χ3n) is 6.03. The molecule has 0 aliphatic rings. The molecule has 0 fully saturated rings. The molecule has 38 heavy (non-hydrogen) atoms. The number of alkyl halides is 3. The number of rotatable bonds is 6. The monoisotopic (exact) mass is 527 g/mol. The average molecular weight is 527 g/mol. The first-order valence-electron chi connectivity index (χ1n) is 11.0. The van der Waals surface area contributed by atoms with Gasteiger partial charge in [0.1, 0.15) is 17.8 Å². The van der Waals surface area contributed by atoms with E-state index in [0.717, 1.165) is 29.0 Å². The van der Waals surface area contributed by atoms with Crippen LogP contribution in [0, 0.1) is 11.3 Å². The van der Waals surface area contributed by atoms with Crippen LogP contribution in [0.15, 0.2) is 52.4 Å². The van der Waals surface area contributed by atoms with Crippen LogP contribution in [0.2, 0.25) is 0 Å². The van der Waals surface area contributed by atoms with E-state index in [-0.39, 0.29) is 22.6 Å². The first-order chi connectivity index (χ1) is 17.9. The maximum atomic E-state index is 13.6. The number of nitrogens with zero attached hydrogens (tertiary/aromatic N) is 6. The fourth-order valence-corrected chi connectivity index (χ4v) is 4.21. The smallest absolute Gasteiger partial charge is 0.416 e. The summed E-state index contributed by atoms with van der Waals surface area (Å²) in [6.45, 7) is 1.58. The Kier molecular flexibility index (Phi) is 6.77. The SMILES string of the molecule is CC(c1nc(C(=O)Nc2cnoc2)c(O)c(=O)n1C)C(c1cnn(C)c1)c1cc(C(F)(F)F)ccc1C#N. The molecule has 0 aliphatic carbocycles. The van der Waals surface area contributed by atoms with Gasteiger partial charge < -0.3 is 14.9 Å². The van der Waals surface area contributed by atoms with E-state index in [1.807, 2.05) is 6.07 Å². The van der Waals surface area contributed by atoms with Gasteiger partial charge in [0.15, 0.2) is 5.69 Å². The Bertz CT molecular complexity index is 1600. The molecule has 2 N–H and O–H groups in total. The highest BCUT2D eigenvalue weighted by atomic mass is 19.4. The van der Waals surface area contributed by atoms with Crippen molar-refractivity contribution in [2.75, 3.05) is 5.32 Å². The summed E-state index contributed by atoms with van der Waals surface area (Å²) >= 11 is 0. The topological polar surface area (TPSA) is 152 Å². The molecule has 3 heterocycles. The lowest BCUT2D eigenvalue weighted by Gasteiger charge is -2.26. The molecule has 196 valence electrons. The van der Waals surface area contributed by atoms with Crippen LogP contribution >= 0.6 is 0 Å². The molecule has 1 amide bonds. The number of aryl methyl sites for hydroxylation is 1. The maximum absolute atomic E-state index is 13.6. The van der Waals surface area contributed by atoms with Crippen molar-refractivity contribution in [3.8, 4) is 11.8 Å². The van der Waals surface area contributed by atoms with E-state index in [1.54, 1.807) is 20.2 Å². The minimum Gasteiger partial charge on any atom is -0.501 e. The van der Waals surface area contributed by atoms with Gasteiger partial charge >= 0.3 is 6.18 Å². The number of nitriles is 1. The molecule has 0 radical (unpaired) electrons. The van der Waals surface area contributed by atoms with Crippen LogP contribution in [0.1, 0.15) is 57.3 Å². The van der Waals surface area contributed by atoms with Crippen LogP contribution in [-0.4, -0.2) is 35.5 Å². The van der Waals surface area contributed by atoms with Gasteiger partial charge in [-0.25, -0.2) is 4.98 Å². The fourth-order valence-electron chi connectivity index (χ4n) is 4.21. The Morgan fingerprint density at radius 2 is 2.00 bits per heavy atom. The molecule has 1 aromatic carbocycles. The summed E-state index contributed by atoms with van der Waals surface area (Å²) in [5.74, 6) is -3.72. The molecule has 3 aromatic heterocycles. The molecule has 14 heteroatoms. The summed E-state index contributed by atoms with van der Waals surface area (Å²) in [5.41, 5.74) is -1.93. The quantitative estimate of drug-likeness (QED) is 0.388. The van der Waals surface area contributed by atoms with E-state index in [1.165, 1.54) is 24.1 Å². The molecule has 0 saturated heterocycles. The molecular weight excluding hydrogens is 507 g/mol. The zero-order valence-electron chi connectivity index (χ0n) is 20.2. The molecule has 4 aromatic rings. The van der Waals surface area contributed by atoms with Crippen LogP contribution in [0.4, 0.5) is 18.9 Å². The minimum absolute atomic E-state index is 0.0205. The fraction of sp³-hybridized carbons (Fsp3) is 0.250. The highest BCUT2D eigenvalue weighted by Crippen LogP contribution is 2.41. The summed E-state index contributed by atoms with van der Waals surface area (Å²) in [6.07, 6.45) is 0.633. The second kappa shape index (κ2) is 9.85. The van der Waals surface area contributed by atoms with Gasteiger partial charge in [0, 0.05) is 32.1 Å². The standard InChI is InChI=1S/C24H20F3N7O4/c1-12(21-32-19(20(35)23(37)34(21)3)22(36)31-16-9-30-38-11-16)18(14-8-29-33(2)10-14)17-6-15(24(25,26)27)5-4-13(17)7-28/h4-6,8-12,18,35H,1-3H3,(H,31,36). The molecule has 0 saturated carbocycles. The number of benzene rings is 1. The Labute approximate surface area is 212 Å². The number of hydrogen-bond donors (Lipinski definition) is 2. The number of carbonyl (C=O) groups excluding carboxylic acids is 1. The predicted octanol–water partition coefficient (Wildman–Crippen LogP) is 3.29. The second-order valence-corrected chi connectivity index (χ2v) is 8.52. The number of anilines is 1. The number of nitrogens with one attached hydrogen (secondary N) is 1. The Hall–Kier alpha value is -4.93. The van der Waals surface area contributed by atoms with Gasteiger partial charge in [-0.2, -0.15) is 23.5 Å². The van der Waals surface area contributed by atoms with Crippen molar-refractivity contribution in [3.63, 3.8) is 0 Å². The van der Waals surface area contributed by atoms with Crippen molar-refractivity contribution in [2.45, 2.75) is 24.9 Å². The van der Waals surface area contributed by atoms with Gasteiger partial charge in [-0.1, -0.05) is 12.1 Å². The summed E-state index contributed by atoms with van der Waals surface area (Å²) in [7, 11) is 2.92. The van der Waals surface area contributed by atoms with E-state index in [9.17, 15) is 33.1 Å². The normalized spacial score (nSPS) is 13.1. The number of amides is 1. The second-order valence-electron chi connectivity index (χ2n) is 8.52. The number of carbonyl (C=O) groups is 1. The molecule has 0 bridgehead atoms. The molecule has 0 spiro atoms. The summed E-state index contributed by atoms with van der Waals surface area (Å²) < 4.78 is 47.9. The van der Waals surface area contributed by atoms with E-state index in [0.29, 0.717) is 5.56 Å². The number of aromatic nitrogens is 5. The van der Waals surface area contributed by atoms with Gasteiger partial charge in [-0.3, -0.25) is 18.8 Å². The first-order valence-corrected chi connectivity index (χ1v) is 11.0. The highest BCUT2D eigenvalue weighted by molar-refractivity contribution is 6.04. The van der Waals surface area contributed by atoms with Crippen molar-refractivity contribution in [1.29, 1.82) is 5.26 Å². The van der Waals surface area contributed by atoms with E-state index < -0.39 is 46.5 Å². The van der Waals surface area contributed by atoms with Crippen molar-refractivity contribution < 1.29 is 27.6 Å². The lowest BCUT2D eigenvalue weighted by atomic mass is 9.79. The first kappa shape index (κ1) is 26.1. The molecule has 2 unspecified atom stereocenters. The number of halogens is 3. The maximum Gasteiger partial charge on any atom is 0.416 e. The van der Waals surface area contributed by atoms with Crippen LogP contribution in [-0.2, 0) is 20.3 Å². The lowest BCUT2D eigenvalue weighted by Crippen LogP contribution is -2.29. The minimum atomic E-state index is -4.68. The zero-order valence-corrected chi connectivity index (χ0v) is 20.2. The van der Waals surface area contributed by atoms with Crippen molar-refractivity contribution >= 4 is 11.6 Å². The van der Waals surface area contributed by atoms with Crippen LogP contribution in [0.3, 0.4) is 0 Å². The van der Waals surface area contributed by atoms with E-state index >= 15 is 0 Å². The van der Waals surface area contributed by atoms with Crippen LogP contribution in [0.5, 0.6) is 5.75 Å². The molecule has 2 atom stereocenters. The third-order valence-corrected chi connectivity index (χ3v) is 6.03. The van der Waals surface area contributed by atoms with Gasteiger partial charge in [0.25, 0.3) is 11.5 Å². The highest BCUT2D eigenvalue weighted by Gasteiger charge is 2.35.